The monoisotopic (exact) mass is 467 g/mol. The highest BCUT2D eigenvalue weighted by Crippen LogP contribution is 2.43. The van der Waals surface area contributed by atoms with Gasteiger partial charge >= 0.3 is 6.03 Å². The summed E-state index contributed by atoms with van der Waals surface area (Å²) in [5.74, 6) is -0.673. The predicted octanol–water partition coefficient (Wildman–Crippen LogP) is 3.57. The highest BCUT2D eigenvalue weighted by molar-refractivity contribution is 6.18. The molecule has 5 rings (SSSR count). The van der Waals surface area contributed by atoms with Gasteiger partial charge in [-0.25, -0.2) is 14.1 Å². The van der Waals surface area contributed by atoms with Crippen LogP contribution >= 0.6 is 0 Å². The van der Waals surface area contributed by atoms with Crippen molar-refractivity contribution < 1.29 is 28.2 Å². The molecular weight excluding hydrogens is 441 g/mol. The van der Waals surface area contributed by atoms with E-state index in [0.29, 0.717) is 11.4 Å². The van der Waals surface area contributed by atoms with Crippen LogP contribution in [-0.4, -0.2) is 54.6 Å². The van der Waals surface area contributed by atoms with E-state index in [1.807, 2.05) is 0 Å². The molecule has 3 fully saturated rings. The molecule has 4 atom stereocenters. The SMILES string of the molecule is COc1ccc(NC(=O)CN2C(=O)N(c3ccc(F)cc3)C(=O)C3OC4CCCCC4C32)cc1. The number of hydrogen-bond acceptors (Lipinski definition) is 5. The van der Waals surface area contributed by atoms with Gasteiger partial charge in [-0.3, -0.25) is 9.59 Å². The Kier molecular flexibility index (Phi) is 5.95. The summed E-state index contributed by atoms with van der Waals surface area (Å²) in [6.45, 7) is -0.233. The van der Waals surface area contributed by atoms with E-state index < -0.39 is 29.9 Å². The van der Waals surface area contributed by atoms with E-state index in [4.69, 9.17) is 9.47 Å². The van der Waals surface area contributed by atoms with E-state index in [9.17, 15) is 18.8 Å². The van der Waals surface area contributed by atoms with E-state index in [0.717, 1.165) is 30.6 Å². The molecule has 3 aliphatic rings. The maximum atomic E-state index is 13.6. The molecule has 34 heavy (non-hydrogen) atoms. The number of carbonyl (C=O) groups is 3. The number of rotatable bonds is 5. The smallest absolute Gasteiger partial charge is 0.332 e. The number of halogens is 1. The summed E-state index contributed by atoms with van der Waals surface area (Å²) in [6.07, 6.45) is 2.66. The van der Waals surface area contributed by atoms with E-state index in [2.05, 4.69) is 5.32 Å². The summed E-state index contributed by atoms with van der Waals surface area (Å²) in [4.78, 5) is 42.4. The summed E-state index contributed by atoms with van der Waals surface area (Å²) in [5, 5.41) is 2.80. The van der Waals surface area contributed by atoms with Crippen molar-refractivity contribution in [2.24, 2.45) is 5.92 Å². The molecule has 4 unspecified atom stereocenters. The third-order valence-electron chi connectivity index (χ3n) is 6.86. The van der Waals surface area contributed by atoms with Crippen molar-refractivity contribution in [2.75, 3.05) is 23.9 Å². The van der Waals surface area contributed by atoms with Gasteiger partial charge in [0.1, 0.15) is 18.1 Å². The van der Waals surface area contributed by atoms with Gasteiger partial charge in [0.25, 0.3) is 5.91 Å². The van der Waals surface area contributed by atoms with Crippen LogP contribution < -0.4 is 15.0 Å². The fourth-order valence-electron chi connectivity index (χ4n) is 5.29. The largest absolute Gasteiger partial charge is 0.497 e. The molecule has 2 aromatic carbocycles. The van der Waals surface area contributed by atoms with E-state index >= 15 is 0 Å². The molecule has 2 heterocycles. The first-order chi connectivity index (χ1) is 16.5. The Labute approximate surface area is 196 Å². The van der Waals surface area contributed by atoms with E-state index in [1.54, 1.807) is 31.4 Å². The van der Waals surface area contributed by atoms with Gasteiger partial charge in [-0.05, 0) is 61.4 Å². The molecule has 8 nitrogen and oxygen atoms in total. The van der Waals surface area contributed by atoms with Crippen molar-refractivity contribution in [1.82, 2.24) is 4.90 Å². The van der Waals surface area contributed by atoms with Crippen LogP contribution in [0.3, 0.4) is 0 Å². The Morgan fingerprint density at radius 1 is 1.09 bits per heavy atom. The van der Waals surface area contributed by atoms with Gasteiger partial charge in [0.05, 0.1) is 24.9 Å². The Balaban J connectivity index is 1.43. The Hall–Kier alpha value is -3.46. The van der Waals surface area contributed by atoms with E-state index in [1.165, 1.54) is 29.2 Å². The van der Waals surface area contributed by atoms with Gasteiger partial charge < -0.3 is 19.7 Å². The maximum Gasteiger partial charge on any atom is 0.332 e. The van der Waals surface area contributed by atoms with Gasteiger partial charge in [-0.1, -0.05) is 12.8 Å². The normalized spacial score (nSPS) is 26.2. The Morgan fingerprint density at radius 2 is 1.79 bits per heavy atom. The van der Waals surface area contributed by atoms with Crippen molar-refractivity contribution in [3.05, 3.63) is 54.3 Å². The highest BCUT2D eigenvalue weighted by Gasteiger charge is 2.58. The summed E-state index contributed by atoms with van der Waals surface area (Å²) in [7, 11) is 1.56. The maximum absolute atomic E-state index is 13.6. The molecule has 178 valence electrons. The summed E-state index contributed by atoms with van der Waals surface area (Å²) in [6, 6.07) is 10.9. The van der Waals surface area contributed by atoms with Gasteiger partial charge in [-0.2, -0.15) is 0 Å². The first kappa shape index (κ1) is 22.3. The average molecular weight is 467 g/mol. The minimum Gasteiger partial charge on any atom is -0.497 e. The van der Waals surface area contributed by atoms with Crippen LogP contribution in [0.1, 0.15) is 25.7 Å². The number of imide groups is 1. The molecule has 1 aliphatic carbocycles. The van der Waals surface area contributed by atoms with Crippen molar-refractivity contribution in [3.8, 4) is 5.75 Å². The first-order valence-corrected chi connectivity index (χ1v) is 11.5. The number of fused-ring (bicyclic) bond motifs is 3. The number of carbonyl (C=O) groups excluding carboxylic acids is 3. The van der Waals surface area contributed by atoms with Crippen LogP contribution in [0.25, 0.3) is 0 Å². The number of hydrogen-bond donors (Lipinski definition) is 1. The van der Waals surface area contributed by atoms with Gasteiger partial charge in [0.15, 0.2) is 6.10 Å². The quantitative estimate of drug-likeness (QED) is 0.727. The molecule has 4 amide bonds. The van der Waals surface area contributed by atoms with Crippen molar-refractivity contribution >= 4 is 29.2 Å². The third-order valence-corrected chi connectivity index (χ3v) is 6.86. The first-order valence-electron chi connectivity index (χ1n) is 11.5. The Bertz CT molecular complexity index is 1090. The molecule has 2 saturated heterocycles. The summed E-state index contributed by atoms with van der Waals surface area (Å²) in [5.41, 5.74) is 0.811. The number of methoxy groups -OCH3 is 1. The molecule has 0 bridgehead atoms. The minimum atomic E-state index is -0.857. The zero-order valence-electron chi connectivity index (χ0n) is 18.8. The number of nitrogens with one attached hydrogen (secondary N) is 1. The molecule has 2 aromatic rings. The molecule has 1 saturated carbocycles. The third kappa shape index (κ3) is 4.00. The second-order valence-electron chi connectivity index (χ2n) is 8.87. The fraction of sp³-hybridized carbons (Fsp3) is 0.400. The lowest BCUT2D eigenvalue weighted by Gasteiger charge is -2.42. The number of nitrogens with zero attached hydrogens (tertiary/aromatic N) is 2. The number of urea groups is 1. The van der Waals surface area contributed by atoms with Crippen LogP contribution in [-0.2, 0) is 14.3 Å². The van der Waals surface area contributed by atoms with Gasteiger partial charge in [0, 0.05) is 11.6 Å². The number of anilines is 2. The molecule has 0 aromatic heterocycles. The molecule has 9 heteroatoms. The fourth-order valence-corrected chi connectivity index (χ4v) is 5.29. The molecule has 0 spiro atoms. The lowest BCUT2D eigenvalue weighted by atomic mass is 9.81. The second kappa shape index (κ2) is 9.06. The van der Waals surface area contributed by atoms with Crippen LogP contribution in [0.5, 0.6) is 5.75 Å². The lowest BCUT2D eigenvalue weighted by molar-refractivity contribution is -0.133. The zero-order chi connectivity index (χ0) is 23.8. The Morgan fingerprint density at radius 3 is 2.50 bits per heavy atom. The van der Waals surface area contributed by atoms with Crippen LogP contribution in [0, 0.1) is 11.7 Å². The van der Waals surface area contributed by atoms with Crippen molar-refractivity contribution in [3.63, 3.8) is 0 Å². The predicted molar refractivity (Wildman–Crippen MR) is 122 cm³/mol. The van der Waals surface area contributed by atoms with Crippen LogP contribution in [0.15, 0.2) is 48.5 Å². The molecule has 0 radical (unpaired) electrons. The zero-order valence-corrected chi connectivity index (χ0v) is 18.8. The number of amides is 4. The van der Waals surface area contributed by atoms with Crippen molar-refractivity contribution in [2.45, 2.75) is 43.9 Å². The van der Waals surface area contributed by atoms with Crippen LogP contribution in [0.4, 0.5) is 20.6 Å². The number of ether oxygens (including phenoxy) is 2. The average Bonchev–Trinajstić information content (AvgIpc) is 3.23. The van der Waals surface area contributed by atoms with E-state index in [-0.39, 0.29) is 30.2 Å². The second-order valence-corrected chi connectivity index (χ2v) is 8.87. The van der Waals surface area contributed by atoms with Gasteiger partial charge in [-0.15, -0.1) is 0 Å². The van der Waals surface area contributed by atoms with Crippen LogP contribution in [0.2, 0.25) is 0 Å². The minimum absolute atomic E-state index is 0.00388. The molecular formula is C25H26FN3O5. The topological polar surface area (TPSA) is 88.2 Å². The summed E-state index contributed by atoms with van der Waals surface area (Å²) >= 11 is 0. The lowest BCUT2D eigenvalue weighted by Crippen LogP contribution is -2.65. The molecule has 2 aliphatic heterocycles. The highest BCUT2D eigenvalue weighted by atomic mass is 19.1. The summed E-state index contributed by atoms with van der Waals surface area (Å²) < 4.78 is 24.8. The molecule has 1 N–H and O–H groups in total. The van der Waals surface area contributed by atoms with Gasteiger partial charge in [0.2, 0.25) is 5.91 Å². The standard InChI is InChI=1S/C25H26FN3O5/c1-33-18-12-8-16(9-13-18)27-21(30)14-28-22-19-4-2-3-5-20(19)34-23(22)24(31)29(25(28)32)17-10-6-15(26)7-11-17/h6-13,19-20,22-23H,2-5,14H2,1H3,(H,27,30). The van der Waals surface area contributed by atoms with Crippen molar-refractivity contribution in [1.29, 1.82) is 0 Å². The number of benzene rings is 2.